The second kappa shape index (κ2) is 7.68. The van der Waals surface area contributed by atoms with E-state index < -0.39 is 4.75 Å². The normalized spacial score (nSPS) is 14.3. The summed E-state index contributed by atoms with van der Waals surface area (Å²) < 4.78 is 6.66. The molecule has 1 aliphatic carbocycles. The highest BCUT2D eigenvalue weighted by atomic mass is 32.2. The number of imidazole rings is 1. The number of fused-ring (bicyclic) bond motifs is 2. The third kappa shape index (κ3) is 3.59. The zero-order chi connectivity index (χ0) is 21.6. The predicted octanol–water partition coefficient (Wildman–Crippen LogP) is 5.88. The van der Waals surface area contributed by atoms with Gasteiger partial charge in [-0.25, -0.2) is 9.97 Å². The number of aromatic nitrogens is 3. The van der Waals surface area contributed by atoms with Crippen molar-refractivity contribution in [3.63, 3.8) is 0 Å². The molecule has 5 nitrogen and oxygen atoms in total. The predicted molar refractivity (Wildman–Crippen MR) is 125 cm³/mol. The van der Waals surface area contributed by atoms with E-state index in [0.717, 1.165) is 16.4 Å². The summed E-state index contributed by atoms with van der Waals surface area (Å²) in [4.78, 5) is 21.8. The SMILES string of the molecule is CCOC(=O)C(C)(C)Sc1nc2ncccc2n1-c1ccc(C2CC2)c2ccccc12. The van der Waals surface area contributed by atoms with Gasteiger partial charge < -0.3 is 4.74 Å². The Labute approximate surface area is 185 Å². The van der Waals surface area contributed by atoms with Crippen LogP contribution in [0.4, 0.5) is 0 Å². The molecule has 1 aliphatic rings. The van der Waals surface area contributed by atoms with Gasteiger partial charge in [0, 0.05) is 11.6 Å². The summed E-state index contributed by atoms with van der Waals surface area (Å²) in [6, 6.07) is 16.9. The molecular weight excluding hydrogens is 406 g/mol. The van der Waals surface area contributed by atoms with Crippen LogP contribution in [0.15, 0.2) is 59.9 Å². The van der Waals surface area contributed by atoms with Crippen LogP contribution in [0.1, 0.15) is 45.1 Å². The van der Waals surface area contributed by atoms with E-state index in [0.29, 0.717) is 18.2 Å². The van der Waals surface area contributed by atoms with Crippen molar-refractivity contribution in [3.8, 4) is 5.69 Å². The van der Waals surface area contributed by atoms with Crippen molar-refractivity contribution in [2.75, 3.05) is 6.61 Å². The molecule has 2 aromatic carbocycles. The first-order valence-electron chi connectivity index (χ1n) is 10.7. The van der Waals surface area contributed by atoms with Crippen molar-refractivity contribution in [2.45, 2.75) is 49.4 Å². The van der Waals surface area contributed by atoms with E-state index in [1.807, 2.05) is 32.9 Å². The summed E-state index contributed by atoms with van der Waals surface area (Å²) in [7, 11) is 0. The smallest absolute Gasteiger partial charge is 0.322 e. The van der Waals surface area contributed by atoms with Gasteiger partial charge in [-0.1, -0.05) is 42.1 Å². The number of thioether (sulfide) groups is 1. The number of ether oxygens (including phenoxy) is 1. The molecule has 2 aromatic heterocycles. The number of benzene rings is 2. The highest BCUT2D eigenvalue weighted by Gasteiger charge is 2.34. The number of esters is 1. The van der Waals surface area contributed by atoms with Crippen LogP contribution in [0.2, 0.25) is 0 Å². The van der Waals surface area contributed by atoms with E-state index >= 15 is 0 Å². The highest BCUT2D eigenvalue weighted by Crippen LogP contribution is 2.45. The van der Waals surface area contributed by atoms with Crippen LogP contribution in [0, 0.1) is 0 Å². The van der Waals surface area contributed by atoms with Gasteiger partial charge >= 0.3 is 5.97 Å². The van der Waals surface area contributed by atoms with Crippen LogP contribution in [0.25, 0.3) is 27.6 Å². The Morgan fingerprint density at radius 1 is 1.13 bits per heavy atom. The topological polar surface area (TPSA) is 57.0 Å². The minimum Gasteiger partial charge on any atom is -0.465 e. The van der Waals surface area contributed by atoms with Crippen molar-refractivity contribution in [2.24, 2.45) is 0 Å². The Morgan fingerprint density at radius 3 is 2.65 bits per heavy atom. The quantitative estimate of drug-likeness (QED) is 0.282. The molecule has 31 heavy (non-hydrogen) atoms. The lowest BCUT2D eigenvalue weighted by atomic mass is 9.99. The van der Waals surface area contributed by atoms with E-state index in [9.17, 15) is 4.79 Å². The lowest BCUT2D eigenvalue weighted by Crippen LogP contribution is -2.30. The molecule has 6 heteroatoms. The van der Waals surface area contributed by atoms with Gasteiger partial charge in [0.05, 0.1) is 17.8 Å². The average Bonchev–Trinajstić information content (AvgIpc) is 3.54. The monoisotopic (exact) mass is 431 g/mol. The maximum absolute atomic E-state index is 12.6. The van der Waals surface area contributed by atoms with Crippen molar-refractivity contribution < 1.29 is 9.53 Å². The fraction of sp³-hybridized carbons (Fsp3) is 0.320. The van der Waals surface area contributed by atoms with Crippen LogP contribution in [-0.2, 0) is 9.53 Å². The minimum absolute atomic E-state index is 0.250. The summed E-state index contributed by atoms with van der Waals surface area (Å²) in [5.74, 6) is 0.414. The Balaban J connectivity index is 1.71. The van der Waals surface area contributed by atoms with E-state index in [2.05, 4.69) is 45.9 Å². The molecule has 0 radical (unpaired) electrons. The molecule has 0 atom stereocenters. The van der Waals surface area contributed by atoms with Gasteiger partial charge in [0.15, 0.2) is 10.8 Å². The van der Waals surface area contributed by atoms with Gasteiger partial charge in [-0.15, -0.1) is 0 Å². The maximum atomic E-state index is 12.6. The van der Waals surface area contributed by atoms with Crippen molar-refractivity contribution in [3.05, 3.63) is 60.3 Å². The Morgan fingerprint density at radius 2 is 1.90 bits per heavy atom. The summed E-state index contributed by atoms with van der Waals surface area (Å²) in [5.41, 5.74) is 4.06. The molecule has 2 heterocycles. The first-order valence-corrected chi connectivity index (χ1v) is 11.5. The summed E-state index contributed by atoms with van der Waals surface area (Å²) >= 11 is 1.41. The van der Waals surface area contributed by atoms with Gasteiger partial charge in [0.1, 0.15) is 4.75 Å². The number of hydrogen-bond acceptors (Lipinski definition) is 5. The minimum atomic E-state index is -0.779. The molecular formula is C25H25N3O2S. The number of hydrogen-bond donors (Lipinski definition) is 0. The van der Waals surface area contributed by atoms with E-state index in [-0.39, 0.29) is 5.97 Å². The number of rotatable bonds is 6. The van der Waals surface area contributed by atoms with Crippen molar-refractivity contribution in [1.82, 2.24) is 14.5 Å². The van der Waals surface area contributed by atoms with Gasteiger partial charge in [-0.2, -0.15) is 0 Å². The molecule has 0 aliphatic heterocycles. The molecule has 1 saturated carbocycles. The largest absolute Gasteiger partial charge is 0.465 e. The van der Waals surface area contributed by atoms with E-state index in [1.54, 1.807) is 6.20 Å². The molecule has 1 fully saturated rings. The molecule has 0 spiro atoms. The second-order valence-electron chi connectivity index (χ2n) is 8.40. The molecule has 0 amide bonds. The van der Waals surface area contributed by atoms with Crippen LogP contribution in [0.3, 0.4) is 0 Å². The molecule has 158 valence electrons. The molecule has 5 rings (SSSR count). The van der Waals surface area contributed by atoms with Gasteiger partial charge in [-0.05, 0) is 68.7 Å². The standard InChI is InChI=1S/C25H25N3O2S/c1-4-30-23(29)25(2,3)31-24-27-22-21(10-7-15-26-22)28(24)20-14-13-17(16-11-12-16)18-8-5-6-9-19(18)20/h5-10,13-16H,4,11-12H2,1-3H3. The zero-order valence-corrected chi connectivity index (χ0v) is 18.8. The van der Waals surface area contributed by atoms with E-state index in [4.69, 9.17) is 9.72 Å². The van der Waals surface area contributed by atoms with Gasteiger partial charge in [-0.3, -0.25) is 9.36 Å². The Bertz CT molecular complexity index is 1290. The van der Waals surface area contributed by atoms with Crippen LogP contribution in [-0.4, -0.2) is 31.9 Å². The maximum Gasteiger partial charge on any atom is 0.322 e. The number of pyridine rings is 1. The van der Waals surface area contributed by atoms with Gasteiger partial charge in [0.25, 0.3) is 0 Å². The van der Waals surface area contributed by atoms with Gasteiger partial charge in [0.2, 0.25) is 0 Å². The van der Waals surface area contributed by atoms with E-state index in [1.165, 1.54) is 40.9 Å². The van der Waals surface area contributed by atoms with Crippen molar-refractivity contribution >= 4 is 39.7 Å². The number of carbonyl (C=O) groups is 1. The number of nitrogens with zero attached hydrogens (tertiary/aromatic N) is 3. The first kappa shape index (κ1) is 20.1. The second-order valence-corrected chi connectivity index (χ2v) is 9.99. The average molecular weight is 432 g/mol. The number of carbonyl (C=O) groups excluding carboxylic acids is 1. The lowest BCUT2D eigenvalue weighted by molar-refractivity contribution is -0.145. The molecule has 0 bridgehead atoms. The zero-order valence-electron chi connectivity index (χ0n) is 18.0. The highest BCUT2D eigenvalue weighted by molar-refractivity contribution is 8.01. The summed E-state index contributed by atoms with van der Waals surface area (Å²) in [6.45, 7) is 5.93. The van der Waals surface area contributed by atoms with Crippen LogP contribution in [0.5, 0.6) is 0 Å². The summed E-state index contributed by atoms with van der Waals surface area (Å²) in [5, 5.41) is 3.20. The lowest BCUT2D eigenvalue weighted by Gasteiger charge is -2.22. The third-order valence-corrected chi connectivity index (χ3v) is 6.84. The Kier molecular flexibility index (Phi) is 4.97. The van der Waals surface area contributed by atoms with Crippen LogP contribution >= 0.6 is 11.8 Å². The Hall–Kier alpha value is -2.86. The van der Waals surface area contributed by atoms with Crippen molar-refractivity contribution in [1.29, 1.82) is 0 Å². The molecule has 4 aromatic rings. The third-order valence-electron chi connectivity index (χ3n) is 5.71. The molecule has 0 saturated heterocycles. The molecule has 0 N–H and O–H groups in total. The summed E-state index contributed by atoms with van der Waals surface area (Å²) in [6.07, 6.45) is 4.27. The fourth-order valence-electron chi connectivity index (χ4n) is 4.02. The first-order chi connectivity index (χ1) is 15.0. The molecule has 0 unspecified atom stereocenters. The van der Waals surface area contributed by atoms with Crippen LogP contribution < -0.4 is 0 Å². The fourth-order valence-corrected chi connectivity index (χ4v) is 5.04.